The molecule has 1 aliphatic heterocycles. The van der Waals surface area contributed by atoms with Gasteiger partial charge in [0.25, 0.3) is 0 Å². The van der Waals surface area contributed by atoms with Gasteiger partial charge in [-0.15, -0.1) is 0 Å². The fourth-order valence-corrected chi connectivity index (χ4v) is 2.55. The lowest BCUT2D eigenvalue weighted by atomic mass is 9.99. The van der Waals surface area contributed by atoms with Crippen molar-refractivity contribution in [1.82, 2.24) is 15.1 Å². The summed E-state index contributed by atoms with van der Waals surface area (Å²) >= 11 is 0. The van der Waals surface area contributed by atoms with Gasteiger partial charge in [0, 0.05) is 39.3 Å². The van der Waals surface area contributed by atoms with Gasteiger partial charge in [0.05, 0.1) is 0 Å². The zero-order valence-corrected chi connectivity index (χ0v) is 12.2. The number of hydrogen-bond donors (Lipinski definition) is 1. The van der Waals surface area contributed by atoms with E-state index >= 15 is 0 Å². The Morgan fingerprint density at radius 2 is 1.71 bits per heavy atom. The first-order chi connectivity index (χ1) is 8.08. The van der Waals surface area contributed by atoms with E-state index in [1.165, 1.54) is 45.7 Å². The smallest absolute Gasteiger partial charge is 0.0110 e. The maximum atomic E-state index is 3.59. The van der Waals surface area contributed by atoms with E-state index in [1.807, 2.05) is 0 Å². The summed E-state index contributed by atoms with van der Waals surface area (Å²) in [4.78, 5) is 4.98. The quantitative estimate of drug-likeness (QED) is 0.682. The van der Waals surface area contributed by atoms with Crippen molar-refractivity contribution in [2.24, 2.45) is 11.8 Å². The molecule has 0 aromatic carbocycles. The van der Waals surface area contributed by atoms with Crippen LogP contribution in [0.25, 0.3) is 0 Å². The zero-order valence-electron chi connectivity index (χ0n) is 12.2. The molecule has 1 fully saturated rings. The van der Waals surface area contributed by atoms with Crippen LogP contribution in [0.3, 0.4) is 0 Å². The van der Waals surface area contributed by atoms with Crippen LogP contribution in [-0.2, 0) is 0 Å². The summed E-state index contributed by atoms with van der Waals surface area (Å²) in [7, 11) is 2.21. The maximum Gasteiger partial charge on any atom is 0.0110 e. The highest BCUT2D eigenvalue weighted by Crippen LogP contribution is 2.09. The lowest BCUT2D eigenvalue weighted by Gasteiger charge is -2.32. The molecule has 0 bridgehead atoms. The number of piperazine rings is 1. The van der Waals surface area contributed by atoms with Gasteiger partial charge >= 0.3 is 0 Å². The second kappa shape index (κ2) is 8.06. The van der Waals surface area contributed by atoms with Crippen molar-refractivity contribution >= 4 is 0 Å². The topological polar surface area (TPSA) is 18.5 Å². The molecule has 0 radical (unpaired) electrons. The molecule has 17 heavy (non-hydrogen) atoms. The Labute approximate surface area is 108 Å². The highest BCUT2D eigenvalue weighted by Gasteiger charge is 2.12. The second-order valence-electron chi connectivity index (χ2n) is 6.08. The number of nitrogens with zero attached hydrogens (tertiary/aromatic N) is 2. The van der Waals surface area contributed by atoms with Crippen molar-refractivity contribution in [2.75, 3.05) is 52.9 Å². The van der Waals surface area contributed by atoms with Gasteiger partial charge in [-0.05, 0) is 31.8 Å². The van der Waals surface area contributed by atoms with E-state index in [2.05, 4.69) is 42.9 Å². The van der Waals surface area contributed by atoms with Gasteiger partial charge < -0.3 is 10.2 Å². The van der Waals surface area contributed by atoms with Gasteiger partial charge in [0.15, 0.2) is 0 Å². The summed E-state index contributed by atoms with van der Waals surface area (Å²) in [6, 6.07) is 0. The minimum atomic E-state index is 0.808. The minimum Gasteiger partial charge on any atom is -0.315 e. The van der Waals surface area contributed by atoms with Gasteiger partial charge in [-0.3, -0.25) is 4.90 Å². The van der Waals surface area contributed by atoms with Crippen LogP contribution in [0.4, 0.5) is 0 Å². The highest BCUT2D eigenvalue weighted by molar-refractivity contribution is 4.70. The first kappa shape index (κ1) is 14.9. The highest BCUT2D eigenvalue weighted by atomic mass is 15.2. The minimum absolute atomic E-state index is 0.808. The summed E-state index contributed by atoms with van der Waals surface area (Å²) in [5.74, 6) is 1.63. The van der Waals surface area contributed by atoms with E-state index in [0.29, 0.717) is 0 Å². The number of hydrogen-bond acceptors (Lipinski definition) is 3. The molecule has 0 spiro atoms. The average molecular weight is 241 g/mol. The fourth-order valence-electron chi connectivity index (χ4n) is 2.55. The molecule has 1 atom stereocenters. The van der Waals surface area contributed by atoms with E-state index in [4.69, 9.17) is 0 Å². The van der Waals surface area contributed by atoms with E-state index in [9.17, 15) is 0 Å². The molecule has 0 aliphatic carbocycles. The van der Waals surface area contributed by atoms with Crippen molar-refractivity contribution < 1.29 is 0 Å². The first-order valence-electron chi connectivity index (χ1n) is 7.19. The van der Waals surface area contributed by atoms with Gasteiger partial charge in [-0.2, -0.15) is 0 Å². The van der Waals surface area contributed by atoms with Crippen molar-refractivity contribution in [3.05, 3.63) is 0 Å². The Morgan fingerprint density at radius 3 is 2.29 bits per heavy atom. The zero-order chi connectivity index (χ0) is 12.7. The third-order valence-electron chi connectivity index (χ3n) is 3.57. The Bertz CT molecular complexity index is 186. The lowest BCUT2D eigenvalue weighted by molar-refractivity contribution is 0.154. The summed E-state index contributed by atoms with van der Waals surface area (Å²) in [5, 5.41) is 3.59. The Morgan fingerprint density at radius 1 is 1.06 bits per heavy atom. The van der Waals surface area contributed by atoms with Crippen LogP contribution < -0.4 is 5.32 Å². The van der Waals surface area contributed by atoms with E-state index in [1.54, 1.807) is 0 Å². The molecule has 3 heteroatoms. The lowest BCUT2D eigenvalue weighted by Crippen LogP contribution is -2.46. The third kappa shape index (κ3) is 7.02. The summed E-state index contributed by atoms with van der Waals surface area (Å²) in [5.41, 5.74) is 0. The van der Waals surface area contributed by atoms with E-state index in [0.717, 1.165) is 18.4 Å². The van der Waals surface area contributed by atoms with Crippen LogP contribution in [0, 0.1) is 11.8 Å². The first-order valence-corrected chi connectivity index (χ1v) is 7.19. The van der Waals surface area contributed by atoms with Crippen LogP contribution >= 0.6 is 0 Å². The van der Waals surface area contributed by atoms with Gasteiger partial charge in [0.2, 0.25) is 0 Å². The Kier molecular flexibility index (Phi) is 7.09. The second-order valence-corrected chi connectivity index (χ2v) is 6.08. The standard InChI is InChI=1S/C14H31N3/c1-13(2)11-14(3)12-15-5-6-17-9-7-16(4)8-10-17/h13-15H,5-12H2,1-4H3. The number of rotatable bonds is 7. The molecule has 1 aliphatic rings. The number of likely N-dealkylation sites (N-methyl/N-ethyl adjacent to an activating group) is 1. The molecule has 102 valence electrons. The molecule has 3 nitrogen and oxygen atoms in total. The molecule has 0 aromatic heterocycles. The summed E-state index contributed by atoms with van der Waals surface area (Å²) in [6.45, 7) is 15.4. The monoisotopic (exact) mass is 241 g/mol. The Balaban J connectivity index is 1.97. The normalized spacial score (nSPS) is 21.0. The van der Waals surface area contributed by atoms with Crippen LogP contribution in [0.2, 0.25) is 0 Å². The third-order valence-corrected chi connectivity index (χ3v) is 3.57. The van der Waals surface area contributed by atoms with Crippen LogP contribution in [0.1, 0.15) is 27.2 Å². The van der Waals surface area contributed by atoms with Gasteiger partial charge in [-0.25, -0.2) is 0 Å². The molecule has 0 amide bonds. The molecule has 1 unspecified atom stereocenters. The van der Waals surface area contributed by atoms with Crippen LogP contribution in [0.5, 0.6) is 0 Å². The largest absolute Gasteiger partial charge is 0.315 e. The SMILES string of the molecule is CC(C)CC(C)CNCCN1CCN(C)CC1. The van der Waals surface area contributed by atoms with Crippen LogP contribution in [0.15, 0.2) is 0 Å². The van der Waals surface area contributed by atoms with Crippen LogP contribution in [-0.4, -0.2) is 62.7 Å². The molecule has 1 heterocycles. The molecule has 0 saturated carbocycles. The molecular weight excluding hydrogens is 210 g/mol. The average Bonchev–Trinajstić information content (AvgIpc) is 2.26. The molecular formula is C14H31N3. The van der Waals surface area contributed by atoms with E-state index < -0.39 is 0 Å². The maximum absolute atomic E-state index is 3.59. The molecule has 1 saturated heterocycles. The molecule has 1 N–H and O–H groups in total. The summed E-state index contributed by atoms with van der Waals surface area (Å²) < 4.78 is 0. The van der Waals surface area contributed by atoms with E-state index in [-0.39, 0.29) is 0 Å². The number of nitrogens with one attached hydrogen (secondary N) is 1. The molecule has 1 rings (SSSR count). The Hall–Kier alpha value is -0.120. The van der Waals surface area contributed by atoms with Crippen molar-refractivity contribution in [3.8, 4) is 0 Å². The predicted molar refractivity (Wildman–Crippen MR) is 75.4 cm³/mol. The van der Waals surface area contributed by atoms with Crippen molar-refractivity contribution in [2.45, 2.75) is 27.2 Å². The van der Waals surface area contributed by atoms with Crippen molar-refractivity contribution in [1.29, 1.82) is 0 Å². The van der Waals surface area contributed by atoms with Gasteiger partial charge in [0.1, 0.15) is 0 Å². The van der Waals surface area contributed by atoms with Crippen molar-refractivity contribution in [3.63, 3.8) is 0 Å². The fraction of sp³-hybridized carbons (Fsp3) is 1.00. The summed E-state index contributed by atoms with van der Waals surface area (Å²) in [6.07, 6.45) is 1.33. The predicted octanol–water partition coefficient (Wildman–Crippen LogP) is 1.51. The molecule has 0 aromatic rings. The van der Waals surface area contributed by atoms with Gasteiger partial charge in [-0.1, -0.05) is 20.8 Å².